The molecular formula is C2H6Na2O4S. The van der Waals surface area contributed by atoms with Crippen LogP contribution in [0.1, 0.15) is 1.43 Å². The summed E-state index contributed by atoms with van der Waals surface area (Å²) < 4.78 is 28.5. The molecule has 7 heteroatoms. The van der Waals surface area contributed by atoms with Gasteiger partial charge >= 0.3 is 59.1 Å². The van der Waals surface area contributed by atoms with Crippen LogP contribution in [0, 0.1) is 0 Å². The van der Waals surface area contributed by atoms with E-state index < -0.39 is 22.5 Å². The molecule has 0 aliphatic carbocycles. The van der Waals surface area contributed by atoms with Gasteiger partial charge in [-0.25, -0.2) is 8.42 Å². The average Bonchev–Trinajstić information content (AvgIpc) is 1.30. The maximum absolute atomic E-state index is 9.52. The zero-order chi connectivity index (χ0) is 5.91. The summed E-state index contributed by atoms with van der Waals surface area (Å²) in [6.07, 6.45) is 0. The van der Waals surface area contributed by atoms with Crippen molar-refractivity contribution in [3.63, 3.8) is 0 Å². The Morgan fingerprint density at radius 2 is 1.78 bits per heavy atom. The molecule has 0 unspecified atom stereocenters. The fraction of sp³-hybridized carbons (Fsp3) is 1.00. The van der Waals surface area contributed by atoms with Crippen LogP contribution in [0.3, 0.4) is 0 Å². The van der Waals surface area contributed by atoms with Gasteiger partial charge in [-0.2, -0.15) is 0 Å². The van der Waals surface area contributed by atoms with E-state index in [0.29, 0.717) is 0 Å². The first-order chi connectivity index (χ1) is 3.06. The summed E-state index contributed by atoms with van der Waals surface area (Å²) in [7, 11) is -4.17. The molecule has 0 amide bonds. The Hall–Kier alpha value is 1.87. The molecule has 0 saturated carbocycles. The standard InChI is InChI=1S/C2H6O4S.2Na.H/c3-1-2-7(4,5)6;;;/h3H,1-2H2,(H,4,5,6);;;/q;2*+1;-1/p-1. The first-order valence-corrected chi connectivity index (χ1v) is 3.18. The molecule has 0 radical (unpaired) electrons. The summed E-state index contributed by atoms with van der Waals surface area (Å²) in [6, 6.07) is 0. The molecule has 0 saturated heterocycles. The molecule has 9 heavy (non-hydrogen) atoms. The molecule has 0 aliphatic heterocycles. The van der Waals surface area contributed by atoms with Gasteiger partial charge in [0.25, 0.3) is 0 Å². The van der Waals surface area contributed by atoms with Crippen molar-refractivity contribution < 1.29 is 78.6 Å². The van der Waals surface area contributed by atoms with E-state index in [4.69, 9.17) is 5.11 Å². The van der Waals surface area contributed by atoms with Crippen LogP contribution in [-0.4, -0.2) is 30.4 Å². The third-order valence-corrected chi connectivity index (χ3v) is 1.02. The van der Waals surface area contributed by atoms with E-state index in [9.17, 15) is 13.0 Å². The quantitative estimate of drug-likeness (QED) is 0.331. The fourth-order valence-corrected chi connectivity index (χ4v) is 0.335. The topological polar surface area (TPSA) is 77.4 Å². The first kappa shape index (κ1) is 17.1. The van der Waals surface area contributed by atoms with E-state index in [-0.39, 0.29) is 60.5 Å². The minimum absolute atomic E-state index is 0. The monoisotopic (exact) mass is 172 g/mol. The molecule has 0 aromatic rings. The van der Waals surface area contributed by atoms with Gasteiger partial charge in [0.05, 0.1) is 22.5 Å². The van der Waals surface area contributed by atoms with Crippen LogP contribution < -0.4 is 59.1 Å². The van der Waals surface area contributed by atoms with Crippen molar-refractivity contribution in [2.45, 2.75) is 0 Å². The second-order valence-corrected chi connectivity index (χ2v) is 2.51. The molecule has 1 N–H and O–H groups in total. The van der Waals surface area contributed by atoms with Gasteiger partial charge in [0.15, 0.2) is 0 Å². The Morgan fingerprint density at radius 1 is 1.44 bits per heavy atom. The molecular weight excluding hydrogens is 166 g/mol. The Balaban J connectivity index is -0.0000000600. The summed E-state index contributed by atoms with van der Waals surface area (Å²) in [4.78, 5) is 0. The first-order valence-electron chi connectivity index (χ1n) is 1.60. The van der Waals surface area contributed by atoms with Gasteiger partial charge in [-0.15, -0.1) is 0 Å². The van der Waals surface area contributed by atoms with Gasteiger partial charge in [0.2, 0.25) is 0 Å². The Kier molecular flexibility index (Phi) is 15.1. The van der Waals surface area contributed by atoms with Gasteiger partial charge in [0.1, 0.15) is 0 Å². The zero-order valence-corrected chi connectivity index (χ0v) is 10.3. The van der Waals surface area contributed by atoms with Crippen LogP contribution in [0.2, 0.25) is 0 Å². The second kappa shape index (κ2) is 7.97. The van der Waals surface area contributed by atoms with Crippen LogP contribution in [0.4, 0.5) is 0 Å². The average molecular weight is 172 g/mol. The number of rotatable bonds is 2. The minimum Gasteiger partial charge on any atom is -1.00 e. The van der Waals surface area contributed by atoms with Crippen molar-refractivity contribution in [1.82, 2.24) is 0 Å². The van der Waals surface area contributed by atoms with Gasteiger partial charge in [-0.1, -0.05) is 0 Å². The molecule has 0 bridgehead atoms. The number of aliphatic hydroxyl groups excluding tert-OH is 1. The Bertz CT molecular complexity index is 134. The second-order valence-electron chi connectivity index (χ2n) is 0.985. The van der Waals surface area contributed by atoms with E-state index in [1.54, 1.807) is 0 Å². The number of hydrogen-bond acceptors (Lipinski definition) is 4. The predicted molar refractivity (Wildman–Crippen MR) is 22.8 cm³/mol. The maximum atomic E-state index is 9.52. The fourth-order valence-electron chi connectivity index (χ4n) is 0.112. The Labute approximate surface area is 99.8 Å². The van der Waals surface area contributed by atoms with Crippen molar-refractivity contribution in [2.75, 3.05) is 12.4 Å². The molecule has 0 fully saturated rings. The molecule has 0 spiro atoms. The number of aliphatic hydroxyl groups is 1. The van der Waals surface area contributed by atoms with Gasteiger partial charge in [-0.05, 0) is 0 Å². The van der Waals surface area contributed by atoms with E-state index in [1.807, 2.05) is 0 Å². The molecule has 0 atom stereocenters. The van der Waals surface area contributed by atoms with E-state index in [0.717, 1.165) is 0 Å². The smallest absolute Gasteiger partial charge is 1.00 e. The summed E-state index contributed by atoms with van der Waals surface area (Å²) in [5.74, 6) is -0.688. The summed E-state index contributed by atoms with van der Waals surface area (Å²) in [5, 5.41) is 7.82. The van der Waals surface area contributed by atoms with Crippen molar-refractivity contribution in [3.8, 4) is 0 Å². The van der Waals surface area contributed by atoms with Gasteiger partial charge in [0, 0.05) is 0 Å². The largest absolute Gasteiger partial charge is 1.00 e. The van der Waals surface area contributed by atoms with Crippen LogP contribution in [0.15, 0.2) is 0 Å². The summed E-state index contributed by atoms with van der Waals surface area (Å²) in [6.45, 7) is -0.591. The van der Waals surface area contributed by atoms with E-state index in [2.05, 4.69) is 0 Å². The molecule has 0 rings (SSSR count). The molecule has 4 nitrogen and oxygen atoms in total. The third kappa shape index (κ3) is 17.7. The molecule has 0 aromatic heterocycles. The zero-order valence-electron chi connectivity index (χ0n) is 6.49. The number of hydrogen-bond donors (Lipinski definition) is 1. The molecule has 46 valence electrons. The molecule has 0 aliphatic rings. The van der Waals surface area contributed by atoms with E-state index >= 15 is 0 Å². The molecule has 0 heterocycles. The minimum atomic E-state index is -4.17. The third-order valence-electron chi connectivity index (χ3n) is 0.341. The molecule has 0 aromatic carbocycles. The van der Waals surface area contributed by atoms with Crippen LogP contribution in [-0.2, 0) is 10.1 Å². The maximum Gasteiger partial charge on any atom is 1.00 e. The van der Waals surface area contributed by atoms with Gasteiger partial charge in [-0.3, -0.25) is 0 Å². The van der Waals surface area contributed by atoms with Crippen LogP contribution in [0.5, 0.6) is 0 Å². The normalized spacial score (nSPS) is 9.11. The summed E-state index contributed by atoms with van der Waals surface area (Å²) >= 11 is 0. The van der Waals surface area contributed by atoms with E-state index in [1.165, 1.54) is 0 Å². The van der Waals surface area contributed by atoms with Crippen molar-refractivity contribution in [1.29, 1.82) is 0 Å². The van der Waals surface area contributed by atoms with Crippen molar-refractivity contribution in [2.24, 2.45) is 0 Å². The van der Waals surface area contributed by atoms with Crippen molar-refractivity contribution >= 4 is 10.1 Å². The predicted octanol–water partition coefficient (Wildman–Crippen LogP) is -7.36. The van der Waals surface area contributed by atoms with Crippen LogP contribution in [0.25, 0.3) is 0 Å². The van der Waals surface area contributed by atoms with Crippen LogP contribution >= 0.6 is 0 Å². The summed E-state index contributed by atoms with van der Waals surface area (Å²) in [5.41, 5.74) is 0. The SMILES string of the molecule is O=S(=O)([O-])CCO.[H-].[Na+].[Na+]. The Morgan fingerprint density at radius 3 is 1.78 bits per heavy atom. The van der Waals surface area contributed by atoms with Crippen molar-refractivity contribution in [3.05, 3.63) is 0 Å². The van der Waals surface area contributed by atoms with Gasteiger partial charge < -0.3 is 11.1 Å².